The van der Waals surface area contributed by atoms with Crippen molar-refractivity contribution in [3.05, 3.63) is 62.7 Å². The highest BCUT2D eigenvalue weighted by Crippen LogP contribution is 2.08. The van der Waals surface area contributed by atoms with E-state index < -0.39 is 0 Å². The van der Waals surface area contributed by atoms with Gasteiger partial charge in [-0.25, -0.2) is 4.79 Å². The average Bonchev–Trinajstić information content (AvgIpc) is 2.81. The number of nitrogens with zero attached hydrogens (tertiary/aromatic N) is 3. The molecule has 0 bridgehead atoms. The molecule has 0 aromatic carbocycles. The highest BCUT2D eigenvalue weighted by Gasteiger charge is 2.10. The number of hydrogen-bond acceptors (Lipinski definition) is 3. The predicted octanol–water partition coefficient (Wildman–Crippen LogP) is 6.30. The summed E-state index contributed by atoms with van der Waals surface area (Å²) in [6, 6.07) is 3.80. The monoisotopic (exact) mass is 439 g/mol. The van der Waals surface area contributed by atoms with Crippen LogP contribution in [0.15, 0.2) is 40.3 Å². The lowest BCUT2D eigenvalue weighted by atomic mass is 10.1. The van der Waals surface area contributed by atoms with Crippen LogP contribution in [0, 0.1) is 0 Å². The van der Waals surface area contributed by atoms with Gasteiger partial charge in [-0.3, -0.25) is 18.9 Å². The molecule has 0 amide bonds. The number of unbranched alkanes of at least 4 members (excludes halogenated alkanes) is 10. The van der Waals surface area contributed by atoms with E-state index in [9.17, 15) is 9.59 Å². The normalized spacial score (nSPS) is 11.4. The molecule has 0 aliphatic carbocycles. The van der Waals surface area contributed by atoms with Gasteiger partial charge >= 0.3 is 5.69 Å². The summed E-state index contributed by atoms with van der Waals surface area (Å²) in [5.41, 5.74) is 1.19. The Morgan fingerprint density at radius 3 is 1.94 bits per heavy atom. The van der Waals surface area contributed by atoms with Gasteiger partial charge in [0.15, 0.2) is 0 Å². The van der Waals surface area contributed by atoms with Crippen LogP contribution >= 0.6 is 0 Å². The Kier molecular flexibility index (Phi) is 12.4. The highest BCUT2D eigenvalue weighted by atomic mass is 16.2. The van der Waals surface area contributed by atoms with Crippen molar-refractivity contribution in [1.82, 2.24) is 14.1 Å². The van der Waals surface area contributed by atoms with Crippen LogP contribution in [0.25, 0.3) is 12.2 Å². The molecule has 2 heterocycles. The molecule has 2 rings (SSSR count). The van der Waals surface area contributed by atoms with E-state index >= 15 is 0 Å². The number of aryl methyl sites for hydroxylation is 1. The Morgan fingerprint density at radius 1 is 0.750 bits per heavy atom. The molecule has 32 heavy (non-hydrogen) atoms. The lowest BCUT2D eigenvalue weighted by molar-refractivity contribution is 0.488. The van der Waals surface area contributed by atoms with Crippen molar-refractivity contribution < 1.29 is 0 Å². The summed E-state index contributed by atoms with van der Waals surface area (Å²) in [5, 5.41) is 0. The molecule has 0 saturated heterocycles. The predicted molar refractivity (Wildman–Crippen MR) is 135 cm³/mol. The summed E-state index contributed by atoms with van der Waals surface area (Å²) >= 11 is 0. The van der Waals surface area contributed by atoms with Gasteiger partial charge in [-0.1, -0.05) is 84.1 Å². The Bertz CT molecular complexity index is 913. The number of pyridine rings is 1. The first kappa shape index (κ1) is 25.8. The fourth-order valence-electron chi connectivity index (χ4n) is 3.92. The largest absolute Gasteiger partial charge is 0.330 e. The minimum atomic E-state index is -0.187. The van der Waals surface area contributed by atoms with Gasteiger partial charge in [0.2, 0.25) is 0 Å². The van der Waals surface area contributed by atoms with E-state index in [1.54, 1.807) is 23.2 Å². The van der Waals surface area contributed by atoms with Gasteiger partial charge in [-0.15, -0.1) is 0 Å². The first-order valence-corrected chi connectivity index (χ1v) is 12.6. The summed E-state index contributed by atoms with van der Waals surface area (Å²) in [6.07, 6.45) is 22.8. The number of hydrogen-bond donors (Lipinski definition) is 0. The maximum atomic E-state index is 13.1. The molecule has 0 aliphatic rings. The van der Waals surface area contributed by atoms with Gasteiger partial charge in [-0.2, -0.15) is 0 Å². The zero-order valence-corrected chi connectivity index (χ0v) is 20.1. The minimum absolute atomic E-state index is 0.168. The third-order valence-electron chi connectivity index (χ3n) is 5.91. The molecular weight excluding hydrogens is 398 g/mol. The van der Waals surface area contributed by atoms with Crippen LogP contribution in [0.4, 0.5) is 0 Å². The van der Waals surface area contributed by atoms with Crippen LogP contribution in [-0.2, 0) is 13.1 Å². The van der Waals surface area contributed by atoms with E-state index in [4.69, 9.17) is 0 Å². The topological polar surface area (TPSA) is 56.9 Å². The Hall–Kier alpha value is -2.43. The Balaban J connectivity index is 2.14. The Morgan fingerprint density at radius 2 is 1.31 bits per heavy atom. The molecule has 2 aromatic heterocycles. The van der Waals surface area contributed by atoms with Crippen molar-refractivity contribution in [3.8, 4) is 0 Å². The van der Waals surface area contributed by atoms with Crippen LogP contribution in [-0.4, -0.2) is 14.1 Å². The van der Waals surface area contributed by atoms with E-state index in [-0.39, 0.29) is 11.2 Å². The molecule has 0 fully saturated rings. The number of aromatic nitrogens is 3. The molecule has 2 aromatic rings. The minimum Gasteiger partial charge on any atom is -0.300 e. The van der Waals surface area contributed by atoms with Crippen molar-refractivity contribution in [1.29, 1.82) is 0 Å². The van der Waals surface area contributed by atoms with Crippen LogP contribution in [0.5, 0.6) is 0 Å². The van der Waals surface area contributed by atoms with E-state index in [2.05, 4.69) is 18.8 Å². The lowest BCUT2D eigenvalue weighted by Crippen LogP contribution is -2.40. The molecule has 0 aliphatic heterocycles. The zero-order valence-electron chi connectivity index (χ0n) is 20.1. The Labute approximate surface area is 193 Å². The third-order valence-corrected chi connectivity index (χ3v) is 5.91. The molecule has 0 radical (unpaired) electrons. The summed E-state index contributed by atoms with van der Waals surface area (Å²) in [4.78, 5) is 30.1. The van der Waals surface area contributed by atoms with Gasteiger partial charge in [0.05, 0.1) is 5.56 Å². The average molecular weight is 440 g/mol. The van der Waals surface area contributed by atoms with Gasteiger partial charge in [0, 0.05) is 31.7 Å². The van der Waals surface area contributed by atoms with Crippen molar-refractivity contribution in [2.75, 3.05) is 0 Å². The summed E-state index contributed by atoms with van der Waals surface area (Å²) in [6.45, 7) is 5.58. The van der Waals surface area contributed by atoms with Crippen molar-refractivity contribution in [2.24, 2.45) is 0 Å². The SMILES string of the molecule is CCCCCCCCn1cc(/C=C/c2ccncc2)c(=O)n(CCCCCCCC)c1=O. The molecule has 0 unspecified atom stereocenters. The van der Waals surface area contributed by atoms with Crippen molar-refractivity contribution in [3.63, 3.8) is 0 Å². The smallest absolute Gasteiger partial charge is 0.300 e. The maximum absolute atomic E-state index is 13.1. The quantitative estimate of drug-likeness (QED) is 0.289. The molecule has 176 valence electrons. The van der Waals surface area contributed by atoms with Crippen LogP contribution < -0.4 is 11.2 Å². The number of rotatable bonds is 16. The first-order valence-electron chi connectivity index (χ1n) is 12.6. The van der Waals surface area contributed by atoms with E-state index in [0.29, 0.717) is 18.7 Å². The van der Waals surface area contributed by atoms with Gasteiger partial charge in [0.1, 0.15) is 0 Å². The van der Waals surface area contributed by atoms with Gasteiger partial charge in [0.25, 0.3) is 5.56 Å². The van der Waals surface area contributed by atoms with Crippen LogP contribution in [0.2, 0.25) is 0 Å². The molecule has 0 spiro atoms. The second kappa shape index (κ2) is 15.4. The van der Waals surface area contributed by atoms with E-state index in [1.165, 1.54) is 49.5 Å². The second-order valence-electron chi connectivity index (χ2n) is 8.67. The summed E-state index contributed by atoms with van der Waals surface area (Å²) in [5.74, 6) is 0. The lowest BCUT2D eigenvalue weighted by Gasteiger charge is -2.12. The molecule has 0 saturated carbocycles. The highest BCUT2D eigenvalue weighted by molar-refractivity contribution is 5.68. The maximum Gasteiger partial charge on any atom is 0.330 e. The molecule has 5 heteroatoms. The van der Waals surface area contributed by atoms with Crippen molar-refractivity contribution in [2.45, 2.75) is 104 Å². The standard InChI is InChI=1S/C27H41N3O2/c1-3-5-7-9-11-13-21-29-23-25(16-15-24-17-19-28-20-18-24)26(31)30(27(29)32)22-14-12-10-8-6-4-2/h15-20,23H,3-14,21-22H2,1-2H3/b16-15+. The fraction of sp³-hybridized carbons (Fsp3) is 0.593. The molecule has 0 N–H and O–H groups in total. The van der Waals surface area contributed by atoms with Gasteiger partial charge < -0.3 is 0 Å². The van der Waals surface area contributed by atoms with Crippen LogP contribution in [0.3, 0.4) is 0 Å². The third kappa shape index (κ3) is 8.97. The molecule has 0 atom stereocenters. The van der Waals surface area contributed by atoms with Crippen LogP contribution in [0.1, 0.15) is 102 Å². The zero-order chi connectivity index (χ0) is 23.0. The summed E-state index contributed by atoms with van der Waals surface area (Å²) < 4.78 is 3.19. The summed E-state index contributed by atoms with van der Waals surface area (Å²) in [7, 11) is 0. The van der Waals surface area contributed by atoms with E-state index in [0.717, 1.165) is 37.7 Å². The molecular formula is C27H41N3O2. The first-order chi connectivity index (χ1) is 15.7. The second-order valence-corrected chi connectivity index (χ2v) is 8.67. The fourth-order valence-corrected chi connectivity index (χ4v) is 3.92. The van der Waals surface area contributed by atoms with Gasteiger partial charge in [-0.05, 0) is 36.6 Å². The molecule has 5 nitrogen and oxygen atoms in total. The van der Waals surface area contributed by atoms with Crippen molar-refractivity contribution >= 4 is 12.2 Å². The van der Waals surface area contributed by atoms with E-state index in [1.807, 2.05) is 24.3 Å².